The Balaban J connectivity index is 2.39. The maximum atomic E-state index is 14.0. The van der Waals surface area contributed by atoms with Gasteiger partial charge in [0.2, 0.25) is 0 Å². The topological polar surface area (TPSA) is 130 Å². The minimum atomic E-state index is -1.28. The molecule has 1 heterocycles. The number of imidazole rings is 1. The largest absolute Gasteiger partial charge is 0.444 e. The van der Waals surface area contributed by atoms with Crippen LogP contribution >= 0.6 is 0 Å². The second kappa shape index (κ2) is 12.0. The van der Waals surface area contributed by atoms with E-state index in [-0.39, 0.29) is 24.5 Å². The van der Waals surface area contributed by atoms with Gasteiger partial charge in [-0.1, -0.05) is 33.1 Å². The molecule has 1 unspecified atom stereocenters. The van der Waals surface area contributed by atoms with E-state index in [9.17, 15) is 14.7 Å². The van der Waals surface area contributed by atoms with Gasteiger partial charge in [-0.3, -0.25) is 4.79 Å². The van der Waals surface area contributed by atoms with Crippen LogP contribution in [0.15, 0.2) is 12.5 Å². The van der Waals surface area contributed by atoms with E-state index < -0.39 is 29.4 Å². The van der Waals surface area contributed by atoms with Gasteiger partial charge in [-0.25, -0.2) is 9.78 Å². The molecule has 0 aliphatic heterocycles. The molecule has 1 amide bonds. The van der Waals surface area contributed by atoms with E-state index in [1.807, 2.05) is 0 Å². The zero-order chi connectivity index (χ0) is 24.6. The Morgan fingerprint density at radius 1 is 1.24 bits per heavy atom. The summed E-state index contributed by atoms with van der Waals surface area (Å²) in [7, 11) is 0. The standard InChI is InChI=1S/C25H44N4O4/c1-17(2)11-12-20(30)14-25(18-9-7-6-8-10-18,29-23(32)33-24(3,4)5)22(31)21(26)13-19-15-27-16-28-19/h15-18,20-21,30H,6-14,26H2,1-5H3,(H,27,28)(H,29,32)/t20-,21-,25?/m0/s1. The molecule has 1 aliphatic carbocycles. The summed E-state index contributed by atoms with van der Waals surface area (Å²) in [6, 6.07) is -0.848. The number of aliphatic hydroxyl groups excluding tert-OH is 1. The summed E-state index contributed by atoms with van der Waals surface area (Å²) in [6.45, 7) is 9.57. The molecule has 188 valence electrons. The monoisotopic (exact) mass is 464 g/mol. The molecular weight excluding hydrogens is 420 g/mol. The van der Waals surface area contributed by atoms with E-state index in [4.69, 9.17) is 10.5 Å². The number of aromatic amines is 1. The molecule has 33 heavy (non-hydrogen) atoms. The number of rotatable bonds is 11. The van der Waals surface area contributed by atoms with Crippen LogP contribution in [0.4, 0.5) is 4.79 Å². The lowest BCUT2D eigenvalue weighted by atomic mass is 9.67. The smallest absolute Gasteiger partial charge is 0.408 e. The van der Waals surface area contributed by atoms with Crippen molar-refractivity contribution in [2.24, 2.45) is 17.6 Å². The van der Waals surface area contributed by atoms with E-state index in [0.29, 0.717) is 12.3 Å². The summed E-state index contributed by atoms with van der Waals surface area (Å²) >= 11 is 0. The molecule has 1 aromatic rings. The lowest BCUT2D eigenvalue weighted by molar-refractivity contribution is -0.131. The van der Waals surface area contributed by atoms with Crippen LogP contribution in [0.2, 0.25) is 0 Å². The highest BCUT2D eigenvalue weighted by Gasteiger charge is 2.50. The van der Waals surface area contributed by atoms with Crippen LogP contribution < -0.4 is 11.1 Å². The van der Waals surface area contributed by atoms with Crippen molar-refractivity contribution in [2.75, 3.05) is 0 Å². The number of hydrogen-bond acceptors (Lipinski definition) is 6. The van der Waals surface area contributed by atoms with Crippen LogP contribution in [0, 0.1) is 11.8 Å². The molecule has 5 N–H and O–H groups in total. The Morgan fingerprint density at radius 3 is 2.45 bits per heavy atom. The van der Waals surface area contributed by atoms with Crippen molar-refractivity contribution in [3.63, 3.8) is 0 Å². The van der Waals surface area contributed by atoms with Gasteiger partial charge in [-0.15, -0.1) is 0 Å². The number of amides is 1. The van der Waals surface area contributed by atoms with Gasteiger partial charge in [0.25, 0.3) is 0 Å². The molecule has 8 heteroatoms. The van der Waals surface area contributed by atoms with E-state index in [1.165, 1.54) is 0 Å². The van der Waals surface area contributed by atoms with E-state index in [1.54, 1.807) is 33.3 Å². The quantitative estimate of drug-likeness (QED) is 0.393. The summed E-state index contributed by atoms with van der Waals surface area (Å²) < 4.78 is 5.56. The van der Waals surface area contributed by atoms with Gasteiger partial charge in [-0.05, 0) is 58.3 Å². The number of hydrogen-bond donors (Lipinski definition) is 4. The average Bonchev–Trinajstić information content (AvgIpc) is 3.23. The predicted octanol–water partition coefficient (Wildman–Crippen LogP) is 3.88. The Hall–Kier alpha value is -1.93. The molecule has 3 atom stereocenters. The van der Waals surface area contributed by atoms with Crippen molar-refractivity contribution in [3.8, 4) is 0 Å². The molecule has 0 aromatic carbocycles. The molecular formula is C25H44N4O4. The number of alkyl carbamates (subject to hydrolysis) is 1. The van der Waals surface area contributed by atoms with Crippen LogP contribution in [0.5, 0.6) is 0 Å². The third kappa shape index (κ3) is 8.41. The fourth-order valence-corrected chi connectivity index (χ4v) is 4.82. The van der Waals surface area contributed by atoms with Crippen molar-refractivity contribution in [2.45, 2.75) is 116 Å². The van der Waals surface area contributed by atoms with Gasteiger partial charge in [0, 0.05) is 24.7 Å². The van der Waals surface area contributed by atoms with Crippen LogP contribution in [-0.4, -0.2) is 50.2 Å². The van der Waals surface area contributed by atoms with Gasteiger partial charge in [0.05, 0.1) is 18.5 Å². The Labute approximate surface area is 198 Å². The first-order chi connectivity index (χ1) is 15.4. The van der Waals surface area contributed by atoms with Crippen LogP contribution in [0.1, 0.15) is 91.7 Å². The van der Waals surface area contributed by atoms with Crippen molar-refractivity contribution in [1.82, 2.24) is 15.3 Å². The normalized spacial score (nSPS) is 19.0. The zero-order valence-corrected chi connectivity index (χ0v) is 21.0. The van der Waals surface area contributed by atoms with Crippen molar-refractivity contribution >= 4 is 11.9 Å². The van der Waals surface area contributed by atoms with Gasteiger partial charge in [0.15, 0.2) is 5.78 Å². The summed E-state index contributed by atoms with van der Waals surface area (Å²) in [4.78, 5) is 34.0. The number of ether oxygens (including phenoxy) is 1. The fourth-order valence-electron chi connectivity index (χ4n) is 4.82. The minimum Gasteiger partial charge on any atom is -0.444 e. The summed E-state index contributed by atoms with van der Waals surface area (Å²) in [5.74, 6) is 0.0760. The third-order valence-corrected chi connectivity index (χ3v) is 6.43. The second-order valence-electron chi connectivity index (χ2n) is 11.0. The van der Waals surface area contributed by atoms with Gasteiger partial charge in [0.1, 0.15) is 11.1 Å². The Morgan fingerprint density at radius 2 is 1.91 bits per heavy atom. The average molecular weight is 465 g/mol. The van der Waals surface area contributed by atoms with E-state index >= 15 is 0 Å². The van der Waals surface area contributed by atoms with Crippen LogP contribution in [-0.2, 0) is 16.0 Å². The SMILES string of the molecule is CC(C)CC[C@H](O)CC(NC(=O)OC(C)(C)C)(C(=O)[C@@H](N)Cc1cnc[nH]1)C1CCCCC1. The molecule has 0 saturated heterocycles. The second-order valence-corrected chi connectivity index (χ2v) is 11.0. The number of carbonyl (C=O) groups excluding carboxylic acids is 2. The van der Waals surface area contributed by atoms with Crippen molar-refractivity contribution < 1.29 is 19.4 Å². The molecule has 1 aliphatic rings. The highest BCUT2D eigenvalue weighted by Crippen LogP contribution is 2.38. The predicted molar refractivity (Wildman–Crippen MR) is 129 cm³/mol. The summed E-state index contributed by atoms with van der Waals surface area (Å²) in [5, 5.41) is 14.0. The molecule has 2 rings (SSSR count). The molecule has 0 radical (unpaired) electrons. The lowest BCUT2D eigenvalue weighted by Crippen LogP contribution is -2.65. The van der Waals surface area contributed by atoms with Crippen LogP contribution in [0.3, 0.4) is 0 Å². The molecule has 1 fully saturated rings. The lowest BCUT2D eigenvalue weighted by Gasteiger charge is -2.44. The van der Waals surface area contributed by atoms with Gasteiger partial charge in [-0.2, -0.15) is 0 Å². The van der Waals surface area contributed by atoms with Gasteiger partial charge < -0.3 is 25.9 Å². The highest BCUT2D eigenvalue weighted by atomic mass is 16.6. The maximum absolute atomic E-state index is 14.0. The molecule has 8 nitrogen and oxygen atoms in total. The third-order valence-electron chi connectivity index (χ3n) is 6.43. The number of nitrogens with two attached hydrogens (primary N) is 1. The Kier molecular flexibility index (Phi) is 9.91. The first-order valence-electron chi connectivity index (χ1n) is 12.4. The molecule has 1 saturated carbocycles. The number of nitrogens with one attached hydrogen (secondary N) is 2. The van der Waals surface area contributed by atoms with E-state index in [2.05, 4.69) is 29.1 Å². The molecule has 1 aromatic heterocycles. The van der Waals surface area contributed by atoms with E-state index in [0.717, 1.165) is 44.2 Å². The van der Waals surface area contributed by atoms with Crippen molar-refractivity contribution in [1.29, 1.82) is 0 Å². The number of H-pyrrole nitrogens is 1. The van der Waals surface area contributed by atoms with Gasteiger partial charge >= 0.3 is 6.09 Å². The number of aromatic nitrogens is 2. The highest BCUT2D eigenvalue weighted by molar-refractivity contribution is 5.96. The number of Topliss-reactive ketones (excluding diaryl/α,β-unsaturated/α-hetero) is 1. The summed E-state index contributed by atoms with van der Waals surface area (Å²) in [6.07, 6.45) is 8.30. The minimum absolute atomic E-state index is 0.104. The molecule has 0 spiro atoms. The number of aliphatic hydroxyl groups is 1. The molecule has 0 bridgehead atoms. The first kappa shape index (κ1) is 27.3. The van der Waals surface area contributed by atoms with Crippen LogP contribution in [0.25, 0.3) is 0 Å². The first-order valence-corrected chi connectivity index (χ1v) is 12.4. The van der Waals surface area contributed by atoms with Crippen molar-refractivity contribution in [3.05, 3.63) is 18.2 Å². The number of ketones is 1. The Bertz CT molecular complexity index is 738. The zero-order valence-electron chi connectivity index (χ0n) is 21.0. The maximum Gasteiger partial charge on any atom is 0.408 e. The summed E-state index contributed by atoms with van der Waals surface area (Å²) in [5.41, 5.74) is 5.20. The fraction of sp³-hybridized carbons (Fsp3) is 0.800. The number of carbonyl (C=O) groups is 2. The number of nitrogens with zero attached hydrogens (tertiary/aromatic N) is 1.